The molecule has 4 aromatic rings. The average molecular weight is 417 g/mol. The number of rotatable bonds is 6. The van der Waals surface area contributed by atoms with E-state index in [1.807, 2.05) is 66.7 Å². The molecule has 0 bridgehead atoms. The molecule has 4 heteroatoms. The Morgan fingerprint density at radius 3 is 2.40 bits per heavy atom. The highest BCUT2D eigenvalue weighted by Gasteiger charge is 2.38. The Morgan fingerprint density at radius 1 is 0.833 bits per heavy atom. The number of fused-ring (bicyclic) bond motifs is 1. The Hall–Kier alpha value is -2.82. The van der Waals surface area contributed by atoms with Crippen LogP contribution >= 0.6 is 11.3 Å². The molecule has 1 aliphatic carbocycles. The lowest BCUT2D eigenvalue weighted by Gasteiger charge is -2.22. The standard InChI is InChI=1S/C26H24O3S/c27-26(15-6-7-16-26)25-24(22-13-4-5-14-23(22)30-25)29-21-12-8-11-20(17-21)28-18-19-9-2-1-3-10-19/h1-5,8-14,17,27H,6-7,15-16,18H2. The SMILES string of the molecule is OC1(c2sc3ccccc3c2Oc2cccc(OCc3ccccc3)c2)CCCC1. The molecular weight excluding hydrogens is 392 g/mol. The maximum atomic E-state index is 11.3. The van der Waals surface area contributed by atoms with Crippen molar-refractivity contribution in [1.29, 1.82) is 0 Å². The molecule has 0 aliphatic heterocycles. The first-order valence-corrected chi connectivity index (χ1v) is 11.2. The molecule has 1 heterocycles. The molecule has 0 amide bonds. The molecule has 0 radical (unpaired) electrons. The van der Waals surface area contributed by atoms with Gasteiger partial charge in [0.05, 0.1) is 4.88 Å². The van der Waals surface area contributed by atoms with Gasteiger partial charge in [-0.15, -0.1) is 11.3 Å². The highest BCUT2D eigenvalue weighted by molar-refractivity contribution is 7.19. The Morgan fingerprint density at radius 2 is 1.57 bits per heavy atom. The molecule has 152 valence electrons. The third-order valence-electron chi connectivity index (χ3n) is 5.68. The van der Waals surface area contributed by atoms with Crippen LogP contribution in [0.4, 0.5) is 0 Å². The highest BCUT2D eigenvalue weighted by atomic mass is 32.1. The number of thiophene rings is 1. The fourth-order valence-corrected chi connectivity index (χ4v) is 5.38. The van der Waals surface area contributed by atoms with Crippen molar-refractivity contribution in [1.82, 2.24) is 0 Å². The molecule has 1 aliphatic rings. The van der Waals surface area contributed by atoms with Crippen LogP contribution < -0.4 is 9.47 Å². The van der Waals surface area contributed by atoms with Gasteiger partial charge in [-0.05, 0) is 42.7 Å². The largest absolute Gasteiger partial charge is 0.489 e. The predicted octanol–water partition coefficient (Wildman–Crippen LogP) is 7.03. The Bertz CT molecular complexity index is 1140. The summed E-state index contributed by atoms with van der Waals surface area (Å²) in [5.41, 5.74) is 0.332. The molecule has 0 unspecified atom stereocenters. The first kappa shape index (κ1) is 19.2. The molecule has 1 N–H and O–H groups in total. The number of benzene rings is 3. The smallest absolute Gasteiger partial charge is 0.152 e. The fourth-order valence-electron chi connectivity index (χ4n) is 4.10. The zero-order chi connectivity index (χ0) is 20.4. The van der Waals surface area contributed by atoms with E-state index in [9.17, 15) is 5.11 Å². The van der Waals surface area contributed by atoms with Crippen molar-refractivity contribution < 1.29 is 14.6 Å². The zero-order valence-corrected chi connectivity index (χ0v) is 17.5. The van der Waals surface area contributed by atoms with E-state index in [2.05, 4.69) is 12.1 Å². The Labute approximate surface area is 180 Å². The number of aliphatic hydroxyl groups is 1. The summed E-state index contributed by atoms with van der Waals surface area (Å²) in [6, 6.07) is 26.0. The number of ether oxygens (including phenoxy) is 2. The van der Waals surface area contributed by atoms with Crippen LogP contribution in [-0.2, 0) is 12.2 Å². The van der Waals surface area contributed by atoms with Gasteiger partial charge in [0.1, 0.15) is 23.7 Å². The first-order chi connectivity index (χ1) is 14.7. The molecule has 0 atom stereocenters. The molecule has 3 aromatic carbocycles. The maximum absolute atomic E-state index is 11.3. The van der Waals surface area contributed by atoms with Gasteiger partial charge in [-0.2, -0.15) is 0 Å². The van der Waals surface area contributed by atoms with E-state index >= 15 is 0 Å². The minimum absolute atomic E-state index is 0.511. The van der Waals surface area contributed by atoms with Crippen LogP contribution in [0.5, 0.6) is 17.2 Å². The van der Waals surface area contributed by atoms with Crippen LogP contribution in [0.15, 0.2) is 78.9 Å². The van der Waals surface area contributed by atoms with E-state index in [4.69, 9.17) is 9.47 Å². The highest BCUT2D eigenvalue weighted by Crippen LogP contribution is 2.51. The van der Waals surface area contributed by atoms with Crippen LogP contribution in [-0.4, -0.2) is 5.11 Å². The summed E-state index contributed by atoms with van der Waals surface area (Å²) in [7, 11) is 0. The molecule has 1 saturated carbocycles. The minimum Gasteiger partial charge on any atom is -0.489 e. The normalized spacial score (nSPS) is 15.4. The number of hydrogen-bond donors (Lipinski definition) is 1. The topological polar surface area (TPSA) is 38.7 Å². The summed E-state index contributed by atoms with van der Waals surface area (Å²) >= 11 is 1.64. The van der Waals surface area contributed by atoms with Crippen LogP contribution in [0.3, 0.4) is 0 Å². The lowest BCUT2D eigenvalue weighted by molar-refractivity contribution is 0.0466. The van der Waals surface area contributed by atoms with Crippen molar-refractivity contribution in [2.75, 3.05) is 0 Å². The molecule has 3 nitrogen and oxygen atoms in total. The third kappa shape index (κ3) is 3.81. The second-order valence-corrected chi connectivity index (χ2v) is 8.90. The van der Waals surface area contributed by atoms with Crippen LogP contribution in [0, 0.1) is 0 Å². The van der Waals surface area contributed by atoms with Gasteiger partial charge in [0.2, 0.25) is 0 Å². The predicted molar refractivity (Wildman–Crippen MR) is 121 cm³/mol. The van der Waals surface area contributed by atoms with Gasteiger partial charge in [0.15, 0.2) is 5.75 Å². The molecule has 1 aromatic heterocycles. The lowest BCUT2D eigenvalue weighted by atomic mass is 9.99. The second kappa shape index (κ2) is 8.13. The molecule has 0 saturated heterocycles. The van der Waals surface area contributed by atoms with Crippen molar-refractivity contribution in [2.24, 2.45) is 0 Å². The van der Waals surface area contributed by atoms with Crippen molar-refractivity contribution in [3.05, 3.63) is 89.3 Å². The summed E-state index contributed by atoms with van der Waals surface area (Å²) in [6.07, 6.45) is 3.67. The van der Waals surface area contributed by atoms with Gasteiger partial charge in [0.25, 0.3) is 0 Å². The van der Waals surface area contributed by atoms with Gasteiger partial charge in [-0.3, -0.25) is 0 Å². The Kier molecular flexibility index (Phi) is 5.19. The van der Waals surface area contributed by atoms with E-state index in [0.29, 0.717) is 12.4 Å². The van der Waals surface area contributed by atoms with Gasteiger partial charge < -0.3 is 14.6 Å². The van der Waals surface area contributed by atoms with Crippen LogP contribution in [0.2, 0.25) is 0 Å². The van der Waals surface area contributed by atoms with Crippen LogP contribution in [0.1, 0.15) is 36.1 Å². The number of hydrogen-bond acceptors (Lipinski definition) is 4. The zero-order valence-electron chi connectivity index (χ0n) is 16.7. The molecule has 0 spiro atoms. The first-order valence-electron chi connectivity index (χ1n) is 10.4. The average Bonchev–Trinajstić information content (AvgIpc) is 3.39. The second-order valence-electron chi connectivity index (χ2n) is 7.85. The summed E-state index contributed by atoms with van der Waals surface area (Å²) < 4.78 is 13.5. The van der Waals surface area contributed by atoms with Crippen molar-refractivity contribution in [3.8, 4) is 17.2 Å². The van der Waals surface area contributed by atoms with E-state index in [1.165, 1.54) is 0 Å². The van der Waals surface area contributed by atoms with Crippen molar-refractivity contribution in [2.45, 2.75) is 37.9 Å². The summed E-state index contributed by atoms with van der Waals surface area (Å²) in [6.45, 7) is 0.511. The van der Waals surface area contributed by atoms with Crippen molar-refractivity contribution >= 4 is 21.4 Å². The Balaban J connectivity index is 1.44. The van der Waals surface area contributed by atoms with Crippen molar-refractivity contribution in [3.63, 3.8) is 0 Å². The van der Waals surface area contributed by atoms with Crippen LogP contribution in [0.25, 0.3) is 10.1 Å². The third-order valence-corrected chi connectivity index (χ3v) is 7.02. The van der Waals surface area contributed by atoms with Gasteiger partial charge in [-0.25, -0.2) is 0 Å². The van der Waals surface area contributed by atoms with E-state index in [1.54, 1.807) is 11.3 Å². The van der Waals surface area contributed by atoms with Gasteiger partial charge in [-0.1, -0.05) is 61.4 Å². The molecule has 30 heavy (non-hydrogen) atoms. The van der Waals surface area contributed by atoms with Gasteiger partial charge >= 0.3 is 0 Å². The monoisotopic (exact) mass is 416 g/mol. The van der Waals surface area contributed by atoms with Gasteiger partial charge in [0, 0.05) is 16.2 Å². The molecule has 1 fully saturated rings. The maximum Gasteiger partial charge on any atom is 0.152 e. The van der Waals surface area contributed by atoms with E-state index < -0.39 is 5.60 Å². The summed E-state index contributed by atoms with van der Waals surface area (Å²) in [5, 5.41) is 12.3. The summed E-state index contributed by atoms with van der Waals surface area (Å²) in [5.74, 6) is 2.25. The lowest BCUT2D eigenvalue weighted by Crippen LogP contribution is -2.19. The quantitative estimate of drug-likeness (QED) is 0.366. The fraction of sp³-hybridized carbons (Fsp3) is 0.231. The molecular formula is C26H24O3S. The minimum atomic E-state index is -0.791. The summed E-state index contributed by atoms with van der Waals surface area (Å²) in [4.78, 5) is 0.941. The molecule has 5 rings (SSSR count). The van der Waals surface area contributed by atoms with E-state index in [0.717, 1.165) is 57.7 Å². The van der Waals surface area contributed by atoms with E-state index in [-0.39, 0.29) is 0 Å².